The van der Waals surface area contributed by atoms with Crippen molar-refractivity contribution in [2.45, 2.75) is 13.5 Å². The maximum absolute atomic E-state index is 12.6. The molecule has 94 valence electrons. The summed E-state index contributed by atoms with van der Waals surface area (Å²) in [6.07, 6.45) is 0. The van der Waals surface area contributed by atoms with Crippen LogP contribution < -0.4 is 0 Å². The average molecular weight is 242 g/mol. The Morgan fingerprint density at radius 3 is 2.29 bits per heavy atom. The summed E-state index contributed by atoms with van der Waals surface area (Å²) in [7, 11) is 0. The van der Waals surface area contributed by atoms with Crippen molar-refractivity contribution in [3.8, 4) is 0 Å². The number of carbonyl (C=O) groups excluding carboxylic acids is 1. The topological polar surface area (TPSA) is 66.8 Å². The van der Waals surface area contributed by atoms with Gasteiger partial charge in [-0.15, -0.1) is 0 Å². The van der Waals surface area contributed by atoms with Crippen molar-refractivity contribution in [2.24, 2.45) is 5.41 Å². The van der Waals surface area contributed by atoms with E-state index in [1.54, 1.807) is 0 Å². The Kier molecular flexibility index (Phi) is 4.60. The SMILES string of the molecule is CC(CO)(CO)C(=O)OCc1ccc(F)cc1. The molecule has 0 amide bonds. The molecule has 0 aliphatic rings. The Balaban J connectivity index is 2.56. The van der Waals surface area contributed by atoms with Gasteiger partial charge in [0.05, 0.1) is 13.2 Å². The van der Waals surface area contributed by atoms with Crippen LogP contribution >= 0.6 is 0 Å². The summed E-state index contributed by atoms with van der Waals surface area (Å²) in [5, 5.41) is 18.0. The molecule has 0 aliphatic carbocycles. The van der Waals surface area contributed by atoms with Crippen molar-refractivity contribution < 1.29 is 24.1 Å². The first-order valence-corrected chi connectivity index (χ1v) is 5.15. The average Bonchev–Trinajstić information content (AvgIpc) is 2.36. The predicted octanol–water partition coefficient (Wildman–Crippen LogP) is 0.860. The van der Waals surface area contributed by atoms with Crippen LogP contribution in [-0.2, 0) is 16.1 Å². The first-order valence-electron chi connectivity index (χ1n) is 5.15. The Hall–Kier alpha value is -1.46. The molecule has 0 heterocycles. The van der Waals surface area contributed by atoms with Crippen molar-refractivity contribution in [3.05, 3.63) is 35.6 Å². The van der Waals surface area contributed by atoms with Crippen LogP contribution in [0.25, 0.3) is 0 Å². The number of benzene rings is 1. The second-order valence-electron chi connectivity index (χ2n) is 4.08. The van der Waals surface area contributed by atoms with Gasteiger partial charge in [-0.05, 0) is 24.6 Å². The summed E-state index contributed by atoms with van der Waals surface area (Å²) < 4.78 is 17.5. The number of hydrogen-bond acceptors (Lipinski definition) is 4. The fourth-order valence-electron chi connectivity index (χ4n) is 1.08. The second-order valence-corrected chi connectivity index (χ2v) is 4.08. The van der Waals surface area contributed by atoms with Gasteiger partial charge < -0.3 is 14.9 Å². The third kappa shape index (κ3) is 3.51. The van der Waals surface area contributed by atoms with Gasteiger partial charge in [-0.1, -0.05) is 12.1 Å². The molecule has 1 aromatic carbocycles. The fraction of sp³-hybridized carbons (Fsp3) is 0.417. The lowest BCUT2D eigenvalue weighted by molar-refractivity contribution is -0.161. The molecule has 4 nitrogen and oxygen atoms in total. The lowest BCUT2D eigenvalue weighted by Crippen LogP contribution is -2.36. The van der Waals surface area contributed by atoms with Crippen molar-refractivity contribution in [3.63, 3.8) is 0 Å². The van der Waals surface area contributed by atoms with Crippen LogP contribution in [0, 0.1) is 11.2 Å². The molecule has 0 fully saturated rings. The van der Waals surface area contributed by atoms with E-state index in [9.17, 15) is 9.18 Å². The van der Waals surface area contributed by atoms with Crippen molar-refractivity contribution in [2.75, 3.05) is 13.2 Å². The van der Waals surface area contributed by atoms with Gasteiger partial charge in [-0.3, -0.25) is 4.79 Å². The highest BCUT2D eigenvalue weighted by molar-refractivity contribution is 5.76. The van der Waals surface area contributed by atoms with Crippen LogP contribution in [0.5, 0.6) is 0 Å². The van der Waals surface area contributed by atoms with Gasteiger partial charge in [-0.2, -0.15) is 0 Å². The molecule has 5 heteroatoms. The first-order chi connectivity index (χ1) is 8.01. The van der Waals surface area contributed by atoms with E-state index in [4.69, 9.17) is 14.9 Å². The van der Waals surface area contributed by atoms with Crippen LogP contribution in [0.1, 0.15) is 12.5 Å². The number of ether oxygens (including phenoxy) is 1. The minimum absolute atomic E-state index is 0.0191. The van der Waals surface area contributed by atoms with E-state index in [0.29, 0.717) is 5.56 Å². The standard InChI is InChI=1S/C12H15FO4/c1-12(7-14,8-15)11(16)17-6-9-2-4-10(13)5-3-9/h2-5,14-15H,6-8H2,1H3. The normalized spacial score (nSPS) is 11.3. The summed E-state index contributed by atoms with van der Waals surface area (Å²) in [6.45, 7) is 0.395. The highest BCUT2D eigenvalue weighted by atomic mass is 19.1. The largest absolute Gasteiger partial charge is 0.460 e. The zero-order valence-corrected chi connectivity index (χ0v) is 9.52. The maximum Gasteiger partial charge on any atom is 0.316 e. The smallest absolute Gasteiger partial charge is 0.316 e. The Bertz CT molecular complexity index is 371. The van der Waals surface area contributed by atoms with E-state index >= 15 is 0 Å². The van der Waals surface area contributed by atoms with E-state index < -0.39 is 24.6 Å². The van der Waals surface area contributed by atoms with E-state index in [0.717, 1.165) is 0 Å². The highest BCUT2D eigenvalue weighted by Gasteiger charge is 2.33. The number of aliphatic hydroxyl groups is 2. The molecule has 0 aromatic heterocycles. The minimum Gasteiger partial charge on any atom is -0.460 e. The van der Waals surface area contributed by atoms with Crippen molar-refractivity contribution >= 4 is 5.97 Å². The Morgan fingerprint density at radius 1 is 1.29 bits per heavy atom. The molecular formula is C12H15FO4. The summed E-state index contributed by atoms with van der Waals surface area (Å²) in [5.74, 6) is -1.05. The zero-order valence-electron chi connectivity index (χ0n) is 9.52. The van der Waals surface area contributed by atoms with Crippen molar-refractivity contribution in [1.82, 2.24) is 0 Å². The number of aliphatic hydroxyl groups excluding tert-OH is 2. The van der Waals surface area contributed by atoms with E-state index in [-0.39, 0.29) is 12.4 Å². The first kappa shape index (κ1) is 13.6. The molecule has 0 aliphatic heterocycles. The predicted molar refractivity (Wildman–Crippen MR) is 58.5 cm³/mol. The molecule has 0 unspecified atom stereocenters. The molecule has 0 saturated heterocycles. The van der Waals surface area contributed by atoms with Crippen molar-refractivity contribution in [1.29, 1.82) is 0 Å². The molecule has 17 heavy (non-hydrogen) atoms. The molecule has 0 radical (unpaired) electrons. The van der Waals surface area contributed by atoms with Crippen LogP contribution in [0.15, 0.2) is 24.3 Å². The van der Waals surface area contributed by atoms with Gasteiger partial charge in [0.2, 0.25) is 0 Å². The Morgan fingerprint density at radius 2 is 1.82 bits per heavy atom. The van der Waals surface area contributed by atoms with E-state index in [1.807, 2.05) is 0 Å². The summed E-state index contributed by atoms with van der Waals surface area (Å²) >= 11 is 0. The third-order valence-corrected chi connectivity index (χ3v) is 2.47. The van der Waals surface area contributed by atoms with E-state index in [1.165, 1.54) is 31.2 Å². The maximum atomic E-state index is 12.6. The third-order valence-electron chi connectivity index (χ3n) is 2.47. The number of esters is 1. The van der Waals surface area contributed by atoms with Crippen LogP contribution in [-0.4, -0.2) is 29.4 Å². The van der Waals surface area contributed by atoms with Gasteiger partial charge in [0.1, 0.15) is 17.8 Å². The number of halogens is 1. The monoisotopic (exact) mass is 242 g/mol. The van der Waals surface area contributed by atoms with Gasteiger partial charge in [0, 0.05) is 0 Å². The van der Waals surface area contributed by atoms with Crippen LogP contribution in [0.4, 0.5) is 4.39 Å². The summed E-state index contributed by atoms with van der Waals surface area (Å²) in [4.78, 5) is 11.6. The molecule has 0 saturated carbocycles. The Labute approximate surface area is 98.7 Å². The quantitative estimate of drug-likeness (QED) is 0.751. The number of rotatable bonds is 5. The van der Waals surface area contributed by atoms with Crippen LogP contribution in [0.3, 0.4) is 0 Å². The molecule has 0 atom stereocenters. The molecule has 1 aromatic rings. The second kappa shape index (κ2) is 5.75. The number of hydrogen-bond donors (Lipinski definition) is 2. The molecule has 0 spiro atoms. The number of carbonyl (C=O) groups is 1. The minimum atomic E-state index is -1.31. The van der Waals surface area contributed by atoms with Crippen LogP contribution in [0.2, 0.25) is 0 Å². The molecule has 2 N–H and O–H groups in total. The van der Waals surface area contributed by atoms with Gasteiger partial charge in [0.25, 0.3) is 0 Å². The van der Waals surface area contributed by atoms with E-state index in [2.05, 4.69) is 0 Å². The molecular weight excluding hydrogens is 227 g/mol. The summed E-state index contributed by atoms with van der Waals surface area (Å²) in [5.41, 5.74) is -0.669. The van der Waals surface area contributed by atoms with Gasteiger partial charge in [0.15, 0.2) is 0 Å². The zero-order chi connectivity index (χ0) is 12.9. The lowest BCUT2D eigenvalue weighted by atomic mass is 9.93. The molecule has 1 rings (SSSR count). The highest BCUT2D eigenvalue weighted by Crippen LogP contribution is 2.17. The van der Waals surface area contributed by atoms with Gasteiger partial charge in [-0.25, -0.2) is 4.39 Å². The fourth-order valence-corrected chi connectivity index (χ4v) is 1.08. The van der Waals surface area contributed by atoms with Gasteiger partial charge >= 0.3 is 5.97 Å². The summed E-state index contributed by atoms with van der Waals surface area (Å²) in [6, 6.07) is 5.52. The lowest BCUT2D eigenvalue weighted by Gasteiger charge is -2.22. The molecule has 0 bridgehead atoms.